The molecule has 70 valence electrons. The Labute approximate surface area is 84.7 Å². The summed E-state index contributed by atoms with van der Waals surface area (Å²) in [6.45, 7) is 1.93. The van der Waals surface area contributed by atoms with Crippen LogP contribution < -0.4 is 0 Å². The molecule has 1 nitrogen and oxygen atoms in total. The first-order valence-electron chi connectivity index (χ1n) is 4.25. The zero-order valence-electron chi connectivity index (χ0n) is 7.22. The fourth-order valence-electron chi connectivity index (χ4n) is 1.88. The summed E-state index contributed by atoms with van der Waals surface area (Å²) < 4.78 is 14.1. The number of aliphatic hydroxyl groups is 1. The molecule has 0 bridgehead atoms. The molecular formula is C10H10BrFO. The van der Waals surface area contributed by atoms with E-state index in [9.17, 15) is 9.50 Å². The van der Waals surface area contributed by atoms with Crippen molar-refractivity contribution in [1.29, 1.82) is 0 Å². The van der Waals surface area contributed by atoms with Crippen molar-refractivity contribution in [2.24, 2.45) is 5.92 Å². The Morgan fingerprint density at radius 1 is 1.54 bits per heavy atom. The second-order valence-electron chi connectivity index (χ2n) is 3.59. The van der Waals surface area contributed by atoms with Gasteiger partial charge in [-0.25, -0.2) is 4.39 Å². The number of fused-ring (bicyclic) bond motifs is 1. The van der Waals surface area contributed by atoms with E-state index in [0.717, 1.165) is 16.5 Å². The average molecular weight is 245 g/mol. The van der Waals surface area contributed by atoms with Gasteiger partial charge in [0.05, 0.1) is 6.10 Å². The minimum atomic E-state index is -0.636. The topological polar surface area (TPSA) is 20.2 Å². The van der Waals surface area contributed by atoms with Gasteiger partial charge in [-0.1, -0.05) is 22.9 Å². The van der Waals surface area contributed by atoms with Crippen LogP contribution in [0.4, 0.5) is 4.39 Å². The van der Waals surface area contributed by atoms with Crippen LogP contribution in [0.25, 0.3) is 0 Å². The van der Waals surface area contributed by atoms with Crippen molar-refractivity contribution in [3.63, 3.8) is 0 Å². The zero-order chi connectivity index (χ0) is 9.59. The second-order valence-corrected chi connectivity index (χ2v) is 4.50. The van der Waals surface area contributed by atoms with Gasteiger partial charge in [0.25, 0.3) is 0 Å². The molecule has 1 N–H and O–H groups in total. The highest BCUT2D eigenvalue weighted by atomic mass is 79.9. The van der Waals surface area contributed by atoms with E-state index < -0.39 is 6.10 Å². The summed E-state index contributed by atoms with van der Waals surface area (Å²) in [4.78, 5) is 0. The lowest BCUT2D eigenvalue weighted by Crippen LogP contribution is -2.02. The lowest BCUT2D eigenvalue weighted by Gasteiger charge is -2.08. The Kier molecular flexibility index (Phi) is 2.16. The standard InChI is InChI=1S/C10H10BrFO/c1-5-2-6-3-7(11)4-8(12)9(6)10(5)13/h3-5,10,13H,2H2,1H3/t5-,10+/m1/s1. The van der Waals surface area contributed by atoms with Gasteiger partial charge in [-0.2, -0.15) is 0 Å². The molecule has 0 saturated carbocycles. The van der Waals surface area contributed by atoms with Crippen LogP contribution in [-0.4, -0.2) is 5.11 Å². The molecule has 1 aromatic carbocycles. The summed E-state index contributed by atoms with van der Waals surface area (Å²) in [5, 5.41) is 9.67. The van der Waals surface area contributed by atoms with Crippen LogP contribution in [0, 0.1) is 11.7 Å². The highest BCUT2D eigenvalue weighted by molar-refractivity contribution is 9.10. The third-order valence-electron chi connectivity index (χ3n) is 2.56. The molecule has 2 atom stereocenters. The van der Waals surface area contributed by atoms with Gasteiger partial charge in [-0.05, 0) is 30.0 Å². The molecule has 0 radical (unpaired) electrons. The fourth-order valence-corrected chi connectivity index (χ4v) is 2.36. The molecule has 0 fully saturated rings. The lowest BCUT2D eigenvalue weighted by atomic mass is 10.1. The number of rotatable bonds is 0. The van der Waals surface area contributed by atoms with Crippen LogP contribution in [0.5, 0.6) is 0 Å². The molecule has 13 heavy (non-hydrogen) atoms. The third kappa shape index (κ3) is 1.40. The zero-order valence-corrected chi connectivity index (χ0v) is 8.81. The largest absolute Gasteiger partial charge is 0.388 e. The highest BCUT2D eigenvalue weighted by Gasteiger charge is 2.30. The van der Waals surface area contributed by atoms with E-state index in [-0.39, 0.29) is 11.7 Å². The van der Waals surface area contributed by atoms with Crippen LogP contribution in [0.3, 0.4) is 0 Å². The Hall–Kier alpha value is -0.410. The van der Waals surface area contributed by atoms with Gasteiger partial charge in [0.2, 0.25) is 0 Å². The van der Waals surface area contributed by atoms with Gasteiger partial charge < -0.3 is 5.11 Å². The highest BCUT2D eigenvalue weighted by Crippen LogP contribution is 2.38. The molecule has 1 aliphatic carbocycles. The minimum absolute atomic E-state index is 0.124. The van der Waals surface area contributed by atoms with Crippen molar-refractivity contribution in [1.82, 2.24) is 0 Å². The molecular weight excluding hydrogens is 235 g/mol. The Balaban J connectivity index is 2.57. The Morgan fingerprint density at radius 3 is 2.92 bits per heavy atom. The SMILES string of the molecule is C[C@@H]1Cc2cc(Br)cc(F)c2[C@H]1O. The van der Waals surface area contributed by atoms with Crippen LogP contribution in [0.2, 0.25) is 0 Å². The number of halogens is 2. The second kappa shape index (κ2) is 3.07. The van der Waals surface area contributed by atoms with E-state index in [0.29, 0.717) is 5.56 Å². The summed E-state index contributed by atoms with van der Waals surface area (Å²) in [6, 6.07) is 3.28. The normalized spacial score (nSPS) is 26.2. The van der Waals surface area contributed by atoms with Crippen LogP contribution in [-0.2, 0) is 6.42 Å². The fraction of sp³-hybridized carbons (Fsp3) is 0.400. The van der Waals surface area contributed by atoms with Crippen molar-refractivity contribution in [2.45, 2.75) is 19.4 Å². The molecule has 2 rings (SSSR count). The molecule has 3 heteroatoms. The number of benzene rings is 1. The van der Waals surface area contributed by atoms with E-state index >= 15 is 0 Å². The molecule has 0 saturated heterocycles. The summed E-state index contributed by atoms with van der Waals surface area (Å²) >= 11 is 3.23. The summed E-state index contributed by atoms with van der Waals surface area (Å²) in [6.07, 6.45) is 0.121. The monoisotopic (exact) mass is 244 g/mol. The van der Waals surface area contributed by atoms with E-state index in [1.54, 1.807) is 0 Å². The van der Waals surface area contributed by atoms with Gasteiger partial charge in [0, 0.05) is 10.0 Å². The quantitative estimate of drug-likeness (QED) is 0.745. The average Bonchev–Trinajstić information content (AvgIpc) is 2.27. The molecule has 0 spiro atoms. The van der Waals surface area contributed by atoms with Crippen LogP contribution >= 0.6 is 15.9 Å². The van der Waals surface area contributed by atoms with Crippen LogP contribution in [0.1, 0.15) is 24.2 Å². The number of hydrogen-bond acceptors (Lipinski definition) is 1. The maximum atomic E-state index is 13.4. The van der Waals surface area contributed by atoms with Gasteiger partial charge in [0.15, 0.2) is 0 Å². The van der Waals surface area contributed by atoms with Crippen molar-refractivity contribution in [3.05, 3.63) is 33.5 Å². The van der Waals surface area contributed by atoms with E-state index in [4.69, 9.17) is 0 Å². The Bertz CT molecular complexity index is 351. The molecule has 1 aliphatic rings. The first-order valence-corrected chi connectivity index (χ1v) is 5.05. The summed E-state index contributed by atoms with van der Waals surface area (Å²) in [5.41, 5.74) is 1.41. The number of hydrogen-bond donors (Lipinski definition) is 1. The third-order valence-corrected chi connectivity index (χ3v) is 3.01. The number of aliphatic hydroxyl groups excluding tert-OH is 1. The minimum Gasteiger partial charge on any atom is -0.388 e. The lowest BCUT2D eigenvalue weighted by molar-refractivity contribution is 0.129. The van der Waals surface area contributed by atoms with Crippen LogP contribution in [0.15, 0.2) is 16.6 Å². The predicted octanol–water partition coefficient (Wildman–Crippen LogP) is 2.81. The van der Waals surface area contributed by atoms with Crippen molar-refractivity contribution >= 4 is 15.9 Å². The molecule has 0 heterocycles. The molecule has 0 amide bonds. The molecule has 1 aromatic rings. The van der Waals surface area contributed by atoms with Crippen molar-refractivity contribution in [3.8, 4) is 0 Å². The molecule has 0 aromatic heterocycles. The first-order chi connectivity index (χ1) is 6.09. The van der Waals surface area contributed by atoms with Gasteiger partial charge in [0.1, 0.15) is 5.82 Å². The maximum absolute atomic E-state index is 13.4. The Morgan fingerprint density at radius 2 is 2.23 bits per heavy atom. The van der Waals surface area contributed by atoms with Crippen molar-refractivity contribution in [2.75, 3.05) is 0 Å². The summed E-state index contributed by atoms with van der Waals surface area (Å²) in [5.74, 6) is -0.181. The summed E-state index contributed by atoms with van der Waals surface area (Å²) in [7, 11) is 0. The predicted molar refractivity (Wildman–Crippen MR) is 51.9 cm³/mol. The smallest absolute Gasteiger partial charge is 0.130 e. The van der Waals surface area contributed by atoms with Gasteiger partial charge >= 0.3 is 0 Å². The maximum Gasteiger partial charge on any atom is 0.130 e. The van der Waals surface area contributed by atoms with E-state index in [2.05, 4.69) is 15.9 Å². The first kappa shape index (κ1) is 9.16. The van der Waals surface area contributed by atoms with E-state index in [1.165, 1.54) is 6.07 Å². The van der Waals surface area contributed by atoms with Gasteiger partial charge in [-0.15, -0.1) is 0 Å². The van der Waals surface area contributed by atoms with Crippen molar-refractivity contribution < 1.29 is 9.50 Å². The molecule has 0 aliphatic heterocycles. The van der Waals surface area contributed by atoms with E-state index in [1.807, 2.05) is 13.0 Å². The van der Waals surface area contributed by atoms with Gasteiger partial charge in [-0.3, -0.25) is 0 Å². The molecule has 0 unspecified atom stereocenters.